The molecule has 0 aliphatic carbocycles. The first-order valence-corrected chi connectivity index (χ1v) is 28.1. The summed E-state index contributed by atoms with van der Waals surface area (Å²) in [4.78, 5) is 9.54. The maximum absolute atomic E-state index is 2.41. The normalized spacial score (nSPS) is 11.3. The van der Waals surface area contributed by atoms with Gasteiger partial charge < -0.3 is 19.6 Å². The van der Waals surface area contributed by atoms with Gasteiger partial charge in [0.25, 0.3) is 0 Å². The van der Waals surface area contributed by atoms with Crippen molar-refractivity contribution in [1.82, 2.24) is 0 Å². The van der Waals surface area contributed by atoms with E-state index < -0.39 is 0 Å². The Morgan fingerprint density at radius 3 is 0.854 bits per heavy atom. The van der Waals surface area contributed by atoms with Crippen LogP contribution in [0.3, 0.4) is 0 Å². The van der Waals surface area contributed by atoms with Crippen LogP contribution in [0.15, 0.2) is 315 Å². The van der Waals surface area contributed by atoms with Crippen LogP contribution in [-0.2, 0) is 0 Å². The molecular weight excluding hydrogens is 993 g/mol. The quantitative estimate of drug-likeness (QED) is 0.114. The fourth-order valence-electron chi connectivity index (χ4n) is 12.0. The number of fused-ring (bicyclic) bond motifs is 4. The number of rotatable bonds is 13. The Morgan fingerprint density at radius 2 is 0.476 bits per heavy atom. The summed E-state index contributed by atoms with van der Waals surface area (Å²) < 4.78 is 0. The van der Waals surface area contributed by atoms with E-state index in [1.165, 1.54) is 54.2 Å². The molecule has 82 heavy (non-hydrogen) atoms. The average molecular weight is 1050 g/mol. The van der Waals surface area contributed by atoms with Gasteiger partial charge in [-0.1, -0.05) is 182 Å². The Morgan fingerprint density at radius 1 is 0.183 bits per heavy atom. The lowest BCUT2D eigenvalue weighted by molar-refractivity contribution is 1.24. The van der Waals surface area contributed by atoms with E-state index in [0.717, 1.165) is 79.4 Å². The summed E-state index contributed by atoms with van der Waals surface area (Å²) in [7, 11) is 0. The van der Waals surface area contributed by atoms with Crippen LogP contribution in [-0.4, -0.2) is 0 Å². The molecule has 0 heterocycles. The third kappa shape index (κ3) is 9.42. The van der Waals surface area contributed by atoms with Gasteiger partial charge in [-0.25, -0.2) is 0 Å². The lowest BCUT2D eigenvalue weighted by atomic mass is 9.98. The first-order chi connectivity index (χ1) is 40.5. The molecule has 0 amide bonds. The summed E-state index contributed by atoms with van der Waals surface area (Å²) >= 11 is 0. The van der Waals surface area contributed by atoms with E-state index >= 15 is 0 Å². The van der Waals surface area contributed by atoms with Gasteiger partial charge >= 0.3 is 0 Å². The van der Waals surface area contributed by atoms with E-state index in [2.05, 4.69) is 349 Å². The minimum atomic E-state index is 1.07. The highest BCUT2D eigenvalue weighted by Crippen LogP contribution is 2.46. The third-order valence-corrected chi connectivity index (χ3v) is 16.0. The van der Waals surface area contributed by atoms with Crippen molar-refractivity contribution in [1.29, 1.82) is 0 Å². The summed E-state index contributed by atoms with van der Waals surface area (Å²) in [5.74, 6) is 0. The molecule has 0 bridgehead atoms. The van der Waals surface area contributed by atoms with E-state index in [1.807, 2.05) is 0 Å². The van der Waals surface area contributed by atoms with Crippen molar-refractivity contribution < 1.29 is 0 Å². The fraction of sp³-hybridized carbons (Fsp3) is 0.0256. The van der Waals surface area contributed by atoms with Crippen molar-refractivity contribution in [2.24, 2.45) is 0 Å². The van der Waals surface area contributed by atoms with Crippen molar-refractivity contribution in [3.8, 4) is 11.1 Å². The van der Waals surface area contributed by atoms with E-state index in [-0.39, 0.29) is 0 Å². The Bertz CT molecular complexity index is 4300. The summed E-state index contributed by atoms with van der Waals surface area (Å²) in [6.07, 6.45) is 0. The molecule has 390 valence electrons. The van der Waals surface area contributed by atoms with Gasteiger partial charge in [0.1, 0.15) is 0 Å². The Kier molecular flexibility index (Phi) is 13.0. The maximum atomic E-state index is 2.41. The smallest absolute Gasteiger partial charge is 0.0540 e. The third-order valence-electron chi connectivity index (χ3n) is 16.0. The Balaban J connectivity index is 0.829. The molecule has 0 atom stereocenters. The van der Waals surface area contributed by atoms with Crippen LogP contribution >= 0.6 is 0 Å². The molecule has 4 heteroatoms. The van der Waals surface area contributed by atoms with Gasteiger partial charge in [-0.3, -0.25) is 0 Å². The molecule has 0 radical (unpaired) electrons. The molecule has 0 aliphatic heterocycles. The number of hydrogen-bond donors (Lipinski definition) is 0. The van der Waals surface area contributed by atoms with Crippen molar-refractivity contribution in [3.05, 3.63) is 327 Å². The summed E-state index contributed by atoms with van der Waals surface area (Å²) in [6, 6.07) is 114. The fourth-order valence-corrected chi connectivity index (χ4v) is 12.0. The van der Waals surface area contributed by atoms with Gasteiger partial charge in [-0.2, -0.15) is 0 Å². The first-order valence-electron chi connectivity index (χ1n) is 28.1. The number of benzene rings is 14. The molecule has 0 aromatic heterocycles. The van der Waals surface area contributed by atoms with Crippen LogP contribution in [0, 0.1) is 13.8 Å². The Hall–Kier alpha value is -10.7. The SMILES string of the molecule is Cc1cc(-c2ccc(N(c3ccc(N(c4ccccc4)c4cccc5ccccc45)cc3)c3ccc4ccccc4c3)c(C)c2)ccc1N(c1ccc(N(c2ccccc2)c2cccc3ccccc23)cc1)c1ccc2ccccc2c1. The molecule has 0 N–H and O–H groups in total. The van der Waals surface area contributed by atoms with Crippen molar-refractivity contribution in [2.45, 2.75) is 13.8 Å². The highest BCUT2D eigenvalue weighted by Gasteiger charge is 2.22. The van der Waals surface area contributed by atoms with Crippen LogP contribution in [0.1, 0.15) is 11.1 Å². The van der Waals surface area contributed by atoms with E-state index in [0.29, 0.717) is 0 Å². The highest BCUT2D eigenvalue weighted by molar-refractivity contribution is 6.01. The van der Waals surface area contributed by atoms with Crippen LogP contribution in [0.4, 0.5) is 68.2 Å². The van der Waals surface area contributed by atoms with E-state index in [4.69, 9.17) is 0 Å². The zero-order valence-corrected chi connectivity index (χ0v) is 45.8. The molecule has 0 saturated heterocycles. The summed E-state index contributed by atoms with van der Waals surface area (Å²) in [5, 5.41) is 9.63. The van der Waals surface area contributed by atoms with Gasteiger partial charge in [0.15, 0.2) is 0 Å². The molecule has 4 nitrogen and oxygen atoms in total. The number of anilines is 12. The topological polar surface area (TPSA) is 13.0 Å². The van der Waals surface area contributed by atoms with Crippen molar-refractivity contribution >= 4 is 111 Å². The number of nitrogens with zero attached hydrogens (tertiary/aromatic N) is 4. The second-order valence-corrected chi connectivity index (χ2v) is 21.1. The molecule has 14 rings (SSSR count). The molecular formula is C78H58N4. The highest BCUT2D eigenvalue weighted by atomic mass is 15.2. The summed E-state index contributed by atoms with van der Waals surface area (Å²) in [6.45, 7) is 4.48. The lowest BCUT2D eigenvalue weighted by Gasteiger charge is -2.30. The van der Waals surface area contributed by atoms with Gasteiger partial charge in [-0.15, -0.1) is 0 Å². The molecule has 0 aliphatic rings. The Labute approximate surface area is 479 Å². The number of hydrogen-bond acceptors (Lipinski definition) is 4. The van der Waals surface area contributed by atoms with E-state index in [1.54, 1.807) is 0 Å². The minimum absolute atomic E-state index is 1.07. The molecule has 0 saturated carbocycles. The van der Waals surface area contributed by atoms with Crippen LogP contribution < -0.4 is 19.6 Å². The predicted octanol–water partition coefficient (Wildman–Crippen LogP) is 22.5. The molecule has 0 spiro atoms. The zero-order chi connectivity index (χ0) is 54.9. The second kappa shape index (κ2) is 21.5. The summed E-state index contributed by atoms with van der Waals surface area (Å²) in [5.41, 5.74) is 17.9. The van der Waals surface area contributed by atoms with Crippen LogP contribution in [0.25, 0.3) is 54.2 Å². The monoisotopic (exact) mass is 1050 g/mol. The maximum Gasteiger partial charge on any atom is 0.0540 e. The lowest BCUT2D eigenvalue weighted by Crippen LogP contribution is -2.13. The standard InChI is InChI=1S/C78H58N4/c1-55-51-63(37-49-75(55)81(71-39-35-57-19-9-11-23-61(57)53-71)69-45-41-67(42-46-69)79(65-27-5-3-6-28-65)77-33-17-25-59-21-13-15-31-73(59)77)64-38-50-76(56(2)52-64)82(72-40-36-58-20-10-12-24-62(58)54-72)70-47-43-68(44-48-70)80(66-29-7-4-8-30-66)78-34-18-26-60-22-14-16-32-74(60)78/h3-54H,1-2H3. The number of aryl methyl sites for hydroxylation is 2. The van der Waals surface area contributed by atoms with Crippen LogP contribution in [0.5, 0.6) is 0 Å². The van der Waals surface area contributed by atoms with E-state index in [9.17, 15) is 0 Å². The second-order valence-electron chi connectivity index (χ2n) is 21.1. The van der Waals surface area contributed by atoms with Gasteiger partial charge in [0, 0.05) is 67.6 Å². The molecule has 14 aromatic carbocycles. The molecule has 0 fully saturated rings. The van der Waals surface area contributed by atoms with Gasteiger partial charge in [0.05, 0.1) is 11.4 Å². The van der Waals surface area contributed by atoms with Gasteiger partial charge in [0.2, 0.25) is 0 Å². The molecule has 0 unspecified atom stereocenters. The predicted molar refractivity (Wildman–Crippen MR) is 350 cm³/mol. The van der Waals surface area contributed by atoms with Crippen molar-refractivity contribution in [2.75, 3.05) is 19.6 Å². The van der Waals surface area contributed by atoms with Gasteiger partial charge in [-0.05, 0) is 202 Å². The largest absolute Gasteiger partial charge is 0.310 e. The first kappa shape index (κ1) is 49.6. The molecule has 14 aromatic rings. The zero-order valence-electron chi connectivity index (χ0n) is 45.8. The number of para-hydroxylation sites is 2. The van der Waals surface area contributed by atoms with Crippen molar-refractivity contribution in [3.63, 3.8) is 0 Å². The van der Waals surface area contributed by atoms with Crippen LogP contribution in [0.2, 0.25) is 0 Å². The minimum Gasteiger partial charge on any atom is -0.310 e. The average Bonchev–Trinajstić information content (AvgIpc) is 3.73.